The molecule has 1 aliphatic heterocycles. The second kappa shape index (κ2) is 9.49. The number of nitrogens with zero attached hydrogens (tertiary/aromatic N) is 2. The topological polar surface area (TPSA) is 98.1 Å². The molecular formula is C23H13Cl4N3O3S. The van der Waals surface area contributed by atoms with Gasteiger partial charge in [0.05, 0.1) is 34.8 Å². The Hall–Kier alpha value is -2.73. The Morgan fingerprint density at radius 2 is 1.79 bits per heavy atom. The number of methoxy groups -OCH3 is 1. The van der Waals surface area contributed by atoms with Gasteiger partial charge in [0, 0.05) is 20.1 Å². The van der Waals surface area contributed by atoms with Gasteiger partial charge in [-0.05, 0) is 41.5 Å². The lowest BCUT2D eigenvalue weighted by Crippen LogP contribution is -2.40. The van der Waals surface area contributed by atoms with Crippen LogP contribution < -0.4 is 20.5 Å². The molecule has 0 saturated heterocycles. The van der Waals surface area contributed by atoms with Crippen LogP contribution in [0.4, 0.5) is 0 Å². The summed E-state index contributed by atoms with van der Waals surface area (Å²) in [5.74, 6) is -1.81. The van der Waals surface area contributed by atoms with Crippen molar-refractivity contribution in [3.8, 4) is 6.07 Å². The number of aromatic nitrogens is 1. The van der Waals surface area contributed by atoms with E-state index in [1.165, 1.54) is 13.2 Å². The molecule has 3 aromatic rings. The molecule has 0 bridgehead atoms. The molecule has 0 radical (unpaired) electrons. The van der Waals surface area contributed by atoms with Gasteiger partial charge in [0.15, 0.2) is 0 Å². The van der Waals surface area contributed by atoms with Crippen molar-refractivity contribution in [2.45, 2.75) is 5.92 Å². The van der Waals surface area contributed by atoms with Crippen LogP contribution in [0, 0.1) is 11.3 Å². The first-order chi connectivity index (χ1) is 16.2. The van der Waals surface area contributed by atoms with E-state index in [0.29, 0.717) is 26.2 Å². The molecule has 11 heteroatoms. The molecule has 6 nitrogen and oxygen atoms in total. The molecule has 1 aliphatic rings. The normalized spacial score (nSPS) is 15.8. The molecule has 4 rings (SSSR count). The largest absolute Gasteiger partial charge is 0.466 e. The lowest BCUT2D eigenvalue weighted by atomic mass is 9.84. The first kappa shape index (κ1) is 24.4. The van der Waals surface area contributed by atoms with E-state index >= 15 is 0 Å². The molecule has 2 aromatic carbocycles. The van der Waals surface area contributed by atoms with Crippen LogP contribution in [-0.2, 0) is 9.53 Å². The number of carbonyl (C=O) groups is 1. The van der Waals surface area contributed by atoms with E-state index in [4.69, 9.17) is 56.9 Å². The van der Waals surface area contributed by atoms with Gasteiger partial charge in [-0.3, -0.25) is 9.36 Å². The molecule has 0 fully saturated rings. The minimum absolute atomic E-state index is 0.0203. The predicted octanol–water partition coefficient (Wildman–Crippen LogP) is 4.12. The number of benzene rings is 2. The highest BCUT2D eigenvalue weighted by atomic mass is 35.5. The van der Waals surface area contributed by atoms with Crippen molar-refractivity contribution < 1.29 is 9.53 Å². The van der Waals surface area contributed by atoms with E-state index in [2.05, 4.69) is 0 Å². The molecule has 0 saturated carbocycles. The minimum Gasteiger partial charge on any atom is -0.466 e. The number of allylic oxidation sites excluding steroid dienone is 1. The summed E-state index contributed by atoms with van der Waals surface area (Å²) in [5.41, 5.74) is 6.79. The minimum atomic E-state index is -0.966. The second-order valence-corrected chi connectivity index (χ2v) is 9.85. The van der Waals surface area contributed by atoms with Crippen molar-refractivity contribution in [2.24, 2.45) is 5.73 Å². The van der Waals surface area contributed by atoms with Crippen LogP contribution >= 0.6 is 57.7 Å². The van der Waals surface area contributed by atoms with Gasteiger partial charge in [-0.2, -0.15) is 5.26 Å². The van der Waals surface area contributed by atoms with Crippen LogP contribution in [0.15, 0.2) is 46.8 Å². The maximum Gasteiger partial charge on any atom is 0.337 e. The number of nitriles is 1. The van der Waals surface area contributed by atoms with Crippen molar-refractivity contribution in [2.75, 3.05) is 7.11 Å². The van der Waals surface area contributed by atoms with Gasteiger partial charge in [-0.1, -0.05) is 58.5 Å². The number of fused-ring (bicyclic) bond motifs is 1. The predicted molar refractivity (Wildman–Crippen MR) is 136 cm³/mol. The van der Waals surface area contributed by atoms with Gasteiger partial charge in [-0.25, -0.2) is 4.79 Å². The smallest absolute Gasteiger partial charge is 0.337 e. The Balaban J connectivity index is 2.12. The van der Waals surface area contributed by atoms with Crippen LogP contribution in [0.3, 0.4) is 0 Å². The molecule has 2 heterocycles. The Morgan fingerprint density at radius 3 is 2.38 bits per heavy atom. The standard InChI is InChI=1S/C23H13Cl4N3O3S/c1-33-23(32)19-18(13-5-4-12(25)8-16(13)27)14(9-28)20(29)30-21(31)17(34-22(19)30)6-10-2-3-11(24)7-15(10)26/h2-8,18H,29H2,1H3/b17-6+/t18-/m0/s1. The van der Waals surface area contributed by atoms with Crippen LogP contribution in [-0.4, -0.2) is 17.6 Å². The molecule has 0 amide bonds. The van der Waals surface area contributed by atoms with Crippen LogP contribution in [0.25, 0.3) is 17.5 Å². The fourth-order valence-corrected chi connectivity index (χ4v) is 5.80. The highest BCUT2D eigenvalue weighted by Crippen LogP contribution is 2.40. The number of rotatable bonds is 3. The molecule has 0 spiro atoms. The zero-order chi connectivity index (χ0) is 24.7. The third kappa shape index (κ3) is 4.13. The maximum absolute atomic E-state index is 13.3. The van der Waals surface area contributed by atoms with Gasteiger partial charge >= 0.3 is 5.97 Å². The van der Waals surface area contributed by atoms with Crippen molar-refractivity contribution in [3.63, 3.8) is 0 Å². The van der Waals surface area contributed by atoms with E-state index in [0.717, 1.165) is 15.9 Å². The second-order valence-electron chi connectivity index (χ2n) is 7.14. The number of ether oxygens (including phenoxy) is 1. The van der Waals surface area contributed by atoms with Crippen molar-refractivity contribution in [1.82, 2.24) is 4.57 Å². The highest BCUT2D eigenvalue weighted by Gasteiger charge is 2.37. The number of carbonyl (C=O) groups excluding carboxylic acids is 1. The summed E-state index contributed by atoms with van der Waals surface area (Å²) in [6.07, 6.45) is 1.56. The first-order valence-corrected chi connectivity index (χ1v) is 11.9. The molecule has 2 N–H and O–H groups in total. The maximum atomic E-state index is 13.3. The van der Waals surface area contributed by atoms with E-state index < -0.39 is 17.4 Å². The van der Waals surface area contributed by atoms with Crippen LogP contribution in [0.2, 0.25) is 20.1 Å². The third-order valence-corrected chi connectivity index (χ3v) is 7.43. The SMILES string of the molecule is COC(=O)C1=c2s/c(=C/c3ccc(Cl)cc3Cl)c(=O)n2C(N)=C(C#N)[C@@H]1c1ccc(Cl)cc1Cl. The molecule has 172 valence electrons. The Bertz CT molecular complexity index is 1620. The number of halogens is 4. The molecule has 1 atom stereocenters. The fourth-order valence-electron chi connectivity index (χ4n) is 3.66. The number of hydrogen-bond acceptors (Lipinski definition) is 6. The van der Waals surface area contributed by atoms with E-state index in [9.17, 15) is 14.9 Å². The van der Waals surface area contributed by atoms with Crippen LogP contribution in [0.1, 0.15) is 17.0 Å². The van der Waals surface area contributed by atoms with Crippen molar-refractivity contribution >= 4 is 81.2 Å². The average Bonchev–Trinajstić information content (AvgIpc) is 3.11. The van der Waals surface area contributed by atoms with E-state index in [1.807, 2.05) is 6.07 Å². The number of esters is 1. The van der Waals surface area contributed by atoms with E-state index in [1.54, 1.807) is 36.4 Å². The van der Waals surface area contributed by atoms with Crippen molar-refractivity contribution in [3.05, 3.63) is 92.7 Å². The summed E-state index contributed by atoms with van der Waals surface area (Å²) < 4.78 is 6.61. The molecule has 1 aromatic heterocycles. The molecule has 34 heavy (non-hydrogen) atoms. The van der Waals surface area contributed by atoms with Crippen molar-refractivity contribution in [1.29, 1.82) is 5.26 Å². The Kier molecular flexibility index (Phi) is 6.81. The van der Waals surface area contributed by atoms with Crippen LogP contribution in [0.5, 0.6) is 0 Å². The first-order valence-electron chi connectivity index (χ1n) is 9.54. The fraction of sp³-hybridized carbons (Fsp3) is 0.0870. The summed E-state index contributed by atoms with van der Waals surface area (Å²) in [5, 5.41) is 11.4. The zero-order valence-corrected chi connectivity index (χ0v) is 21.1. The van der Waals surface area contributed by atoms with E-state index in [-0.39, 0.29) is 31.2 Å². The molecular weight excluding hydrogens is 540 g/mol. The summed E-state index contributed by atoms with van der Waals surface area (Å²) in [6, 6.07) is 11.6. The van der Waals surface area contributed by atoms with Gasteiger partial charge in [0.25, 0.3) is 5.56 Å². The van der Waals surface area contributed by atoms with Gasteiger partial charge in [0.1, 0.15) is 10.5 Å². The molecule has 0 unspecified atom stereocenters. The van der Waals surface area contributed by atoms with Gasteiger partial charge in [-0.15, -0.1) is 11.3 Å². The van der Waals surface area contributed by atoms with Gasteiger partial charge < -0.3 is 10.5 Å². The Morgan fingerprint density at radius 1 is 1.15 bits per heavy atom. The number of hydrogen-bond donors (Lipinski definition) is 1. The summed E-state index contributed by atoms with van der Waals surface area (Å²) in [4.78, 5) is 26.3. The number of nitrogens with two attached hydrogens (primary N) is 1. The highest BCUT2D eigenvalue weighted by molar-refractivity contribution is 7.07. The summed E-state index contributed by atoms with van der Waals surface area (Å²) >= 11 is 25.7. The lowest BCUT2D eigenvalue weighted by molar-refractivity contribution is -0.134. The summed E-state index contributed by atoms with van der Waals surface area (Å²) in [7, 11) is 1.21. The van der Waals surface area contributed by atoms with Gasteiger partial charge in [0.2, 0.25) is 0 Å². The third-order valence-electron chi connectivity index (χ3n) is 5.20. The monoisotopic (exact) mass is 551 g/mol. The summed E-state index contributed by atoms with van der Waals surface area (Å²) in [6.45, 7) is 0. The number of thiazole rings is 1. The molecule has 0 aliphatic carbocycles. The zero-order valence-electron chi connectivity index (χ0n) is 17.2. The lowest BCUT2D eigenvalue weighted by Gasteiger charge is -2.25. The quantitative estimate of drug-likeness (QED) is 0.493. The average molecular weight is 553 g/mol. The Labute approximate surface area is 217 Å².